The Morgan fingerprint density at radius 1 is 1.32 bits per heavy atom. The van der Waals surface area contributed by atoms with Crippen molar-refractivity contribution in [2.75, 3.05) is 26.2 Å². The van der Waals surface area contributed by atoms with E-state index >= 15 is 0 Å². The van der Waals surface area contributed by atoms with Crippen molar-refractivity contribution >= 4 is 24.8 Å². The number of rotatable bonds is 3. The summed E-state index contributed by atoms with van der Waals surface area (Å²) in [6.07, 6.45) is 1.91. The van der Waals surface area contributed by atoms with E-state index in [0.29, 0.717) is 0 Å². The van der Waals surface area contributed by atoms with E-state index in [1.807, 2.05) is 19.1 Å². The van der Waals surface area contributed by atoms with E-state index in [2.05, 4.69) is 16.8 Å². The van der Waals surface area contributed by atoms with Gasteiger partial charge in [0.05, 0.1) is 6.04 Å². The summed E-state index contributed by atoms with van der Waals surface area (Å²) in [6, 6.07) is 5.40. The van der Waals surface area contributed by atoms with Crippen molar-refractivity contribution in [2.45, 2.75) is 13.0 Å². The first-order chi connectivity index (χ1) is 8.24. The van der Waals surface area contributed by atoms with Crippen LogP contribution in [0, 0.1) is 12.7 Å². The summed E-state index contributed by atoms with van der Waals surface area (Å²) < 4.78 is 13.6. The van der Waals surface area contributed by atoms with E-state index in [1.54, 1.807) is 6.07 Å². The Kier molecular flexibility index (Phi) is 8.26. The van der Waals surface area contributed by atoms with E-state index in [9.17, 15) is 4.39 Å². The summed E-state index contributed by atoms with van der Waals surface area (Å²) in [4.78, 5) is 2.34. The molecule has 19 heavy (non-hydrogen) atoms. The Morgan fingerprint density at radius 3 is 2.53 bits per heavy atom. The van der Waals surface area contributed by atoms with Gasteiger partial charge in [-0.3, -0.25) is 4.90 Å². The maximum absolute atomic E-state index is 13.6. The smallest absolute Gasteiger partial charge is 0.126 e. The van der Waals surface area contributed by atoms with Crippen molar-refractivity contribution in [2.24, 2.45) is 0 Å². The lowest BCUT2D eigenvalue weighted by molar-refractivity contribution is 0.203. The van der Waals surface area contributed by atoms with Gasteiger partial charge >= 0.3 is 0 Å². The Bertz CT molecular complexity index is 406. The molecule has 0 saturated carbocycles. The minimum absolute atomic E-state index is 0. The van der Waals surface area contributed by atoms with Crippen LogP contribution in [0.3, 0.4) is 0 Å². The third kappa shape index (κ3) is 4.18. The summed E-state index contributed by atoms with van der Waals surface area (Å²) in [6.45, 7) is 9.66. The monoisotopic (exact) mass is 306 g/mol. The van der Waals surface area contributed by atoms with Crippen molar-refractivity contribution in [1.29, 1.82) is 0 Å². The predicted molar refractivity (Wildman–Crippen MR) is 83.0 cm³/mol. The quantitative estimate of drug-likeness (QED) is 0.863. The predicted octanol–water partition coefficient (Wildman–Crippen LogP) is 3.11. The van der Waals surface area contributed by atoms with Gasteiger partial charge in [0.15, 0.2) is 0 Å². The molecule has 0 bridgehead atoms. The Labute approximate surface area is 126 Å². The molecule has 5 heteroatoms. The molecule has 1 aliphatic rings. The summed E-state index contributed by atoms with van der Waals surface area (Å²) in [5.41, 5.74) is 1.76. The van der Waals surface area contributed by atoms with Gasteiger partial charge in [0, 0.05) is 26.2 Å². The van der Waals surface area contributed by atoms with Gasteiger partial charge in [-0.25, -0.2) is 4.39 Å². The molecule has 2 nitrogen and oxygen atoms in total. The van der Waals surface area contributed by atoms with Gasteiger partial charge in [-0.05, 0) is 24.1 Å². The standard InChI is InChI=1S/C14H19FN2.2ClH/c1-3-14(17-9-7-16-8-10-17)12-5-4-6-13(15)11(12)2;;/h3-6,14,16H,1,7-10H2,2H3;2*1H/t14-;;/m0../s1. The van der Waals surface area contributed by atoms with Gasteiger partial charge in [-0.1, -0.05) is 18.2 Å². The van der Waals surface area contributed by atoms with Crippen molar-refractivity contribution in [1.82, 2.24) is 10.2 Å². The molecular weight excluding hydrogens is 286 g/mol. The Hall–Kier alpha value is -0.610. The minimum Gasteiger partial charge on any atom is -0.314 e. The first-order valence-corrected chi connectivity index (χ1v) is 6.06. The Morgan fingerprint density at radius 2 is 1.95 bits per heavy atom. The number of hydrogen-bond donors (Lipinski definition) is 1. The van der Waals surface area contributed by atoms with E-state index in [0.717, 1.165) is 37.3 Å². The molecule has 0 amide bonds. The van der Waals surface area contributed by atoms with Gasteiger partial charge in [-0.2, -0.15) is 0 Å². The molecule has 1 heterocycles. The summed E-state index contributed by atoms with van der Waals surface area (Å²) >= 11 is 0. The van der Waals surface area contributed by atoms with Crippen molar-refractivity contribution in [3.8, 4) is 0 Å². The second-order valence-corrected chi connectivity index (χ2v) is 4.42. The lowest BCUT2D eigenvalue weighted by Gasteiger charge is -2.34. The highest BCUT2D eigenvalue weighted by molar-refractivity contribution is 5.85. The number of benzene rings is 1. The lowest BCUT2D eigenvalue weighted by Crippen LogP contribution is -2.44. The molecule has 1 fully saturated rings. The third-order valence-electron chi connectivity index (χ3n) is 3.40. The number of nitrogens with one attached hydrogen (secondary N) is 1. The first kappa shape index (κ1) is 18.4. The number of nitrogens with zero attached hydrogens (tertiary/aromatic N) is 1. The molecule has 0 radical (unpaired) electrons. The zero-order chi connectivity index (χ0) is 12.3. The fourth-order valence-electron chi connectivity index (χ4n) is 2.38. The Balaban J connectivity index is 0.00000162. The largest absolute Gasteiger partial charge is 0.314 e. The molecular formula is C14H21Cl2FN2. The molecule has 0 aliphatic carbocycles. The highest BCUT2D eigenvalue weighted by Gasteiger charge is 2.21. The van der Waals surface area contributed by atoms with Gasteiger partial charge in [0.25, 0.3) is 0 Å². The van der Waals surface area contributed by atoms with Crippen LogP contribution in [0.1, 0.15) is 17.2 Å². The topological polar surface area (TPSA) is 15.3 Å². The van der Waals surface area contributed by atoms with E-state index < -0.39 is 0 Å². The molecule has 1 aliphatic heterocycles. The summed E-state index contributed by atoms with van der Waals surface area (Å²) in [5.74, 6) is -0.135. The fourth-order valence-corrected chi connectivity index (χ4v) is 2.38. The van der Waals surface area contributed by atoms with Crippen LogP contribution in [0.25, 0.3) is 0 Å². The van der Waals surface area contributed by atoms with Crippen LogP contribution in [0.2, 0.25) is 0 Å². The fraction of sp³-hybridized carbons (Fsp3) is 0.429. The SMILES string of the molecule is C=C[C@@H](c1cccc(F)c1C)N1CCNCC1.Cl.Cl. The van der Waals surface area contributed by atoms with Crippen LogP contribution in [-0.4, -0.2) is 31.1 Å². The van der Waals surface area contributed by atoms with Gasteiger partial charge in [-0.15, -0.1) is 31.4 Å². The molecule has 108 valence electrons. The van der Waals surface area contributed by atoms with Crippen LogP contribution in [-0.2, 0) is 0 Å². The summed E-state index contributed by atoms with van der Waals surface area (Å²) in [7, 11) is 0. The lowest BCUT2D eigenvalue weighted by atomic mass is 9.99. The van der Waals surface area contributed by atoms with Gasteiger partial charge < -0.3 is 5.32 Å². The molecule has 2 rings (SSSR count). The normalized spacial score (nSPS) is 16.9. The van der Waals surface area contributed by atoms with Crippen LogP contribution < -0.4 is 5.32 Å². The molecule has 0 aromatic heterocycles. The maximum atomic E-state index is 13.6. The summed E-state index contributed by atoms with van der Waals surface area (Å²) in [5, 5.41) is 3.32. The molecule has 0 spiro atoms. The minimum atomic E-state index is -0.135. The molecule has 1 aromatic carbocycles. The number of hydrogen-bond acceptors (Lipinski definition) is 2. The second kappa shape index (κ2) is 8.54. The zero-order valence-electron chi connectivity index (χ0n) is 11.1. The van der Waals surface area contributed by atoms with Crippen molar-refractivity contribution in [3.63, 3.8) is 0 Å². The van der Waals surface area contributed by atoms with E-state index in [1.165, 1.54) is 6.07 Å². The average molecular weight is 307 g/mol. The highest BCUT2D eigenvalue weighted by Crippen LogP contribution is 2.26. The number of piperazine rings is 1. The number of halogens is 3. The van der Waals surface area contributed by atoms with Crippen molar-refractivity contribution in [3.05, 3.63) is 47.8 Å². The van der Waals surface area contributed by atoms with Crippen LogP contribution in [0.4, 0.5) is 4.39 Å². The van der Waals surface area contributed by atoms with Crippen LogP contribution in [0.15, 0.2) is 30.9 Å². The molecule has 1 atom stereocenters. The van der Waals surface area contributed by atoms with Gasteiger partial charge in [0.1, 0.15) is 5.82 Å². The van der Waals surface area contributed by atoms with Crippen LogP contribution in [0.5, 0.6) is 0 Å². The van der Waals surface area contributed by atoms with E-state index in [4.69, 9.17) is 0 Å². The highest BCUT2D eigenvalue weighted by atomic mass is 35.5. The molecule has 1 aromatic rings. The molecule has 1 N–H and O–H groups in total. The first-order valence-electron chi connectivity index (χ1n) is 6.06. The average Bonchev–Trinajstić information content (AvgIpc) is 2.37. The second-order valence-electron chi connectivity index (χ2n) is 4.42. The van der Waals surface area contributed by atoms with E-state index in [-0.39, 0.29) is 36.7 Å². The van der Waals surface area contributed by atoms with Crippen molar-refractivity contribution < 1.29 is 4.39 Å². The van der Waals surface area contributed by atoms with Gasteiger partial charge in [0.2, 0.25) is 0 Å². The zero-order valence-corrected chi connectivity index (χ0v) is 12.7. The maximum Gasteiger partial charge on any atom is 0.126 e. The molecule has 1 saturated heterocycles. The van der Waals surface area contributed by atoms with Crippen LogP contribution >= 0.6 is 24.8 Å². The molecule has 0 unspecified atom stereocenters. The third-order valence-corrected chi connectivity index (χ3v) is 3.40.